The van der Waals surface area contributed by atoms with E-state index in [9.17, 15) is 0 Å². The van der Waals surface area contributed by atoms with Gasteiger partial charge in [-0.2, -0.15) is 0 Å². The van der Waals surface area contributed by atoms with Crippen molar-refractivity contribution in [2.24, 2.45) is 0 Å². The average Bonchev–Trinajstić information content (AvgIpc) is 2.34. The molecule has 2 aromatic rings. The van der Waals surface area contributed by atoms with Crippen molar-refractivity contribution >= 4 is 22.3 Å². The molecule has 3 nitrogen and oxygen atoms in total. The van der Waals surface area contributed by atoms with E-state index in [0.717, 1.165) is 35.4 Å². The third kappa shape index (κ3) is 1.69. The summed E-state index contributed by atoms with van der Waals surface area (Å²) in [5.41, 5.74) is 9.00. The Kier molecular flexibility index (Phi) is 2.95. The Hall–Kier alpha value is -1.77. The maximum absolute atomic E-state index is 6.19. The van der Waals surface area contributed by atoms with Crippen LogP contribution in [0, 0.1) is 0 Å². The first-order chi connectivity index (χ1) is 7.77. The number of hydrogen-bond donors (Lipinski definition) is 1. The summed E-state index contributed by atoms with van der Waals surface area (Å²) in [5.74, 6) is 0. The van der Waals surface area contributed by atoms with E-state index >= 15 is 0 Å². The van der Waals surface area contributed by atoms with Gasteiger partial charge in [-0.3, -0.25) is 4.98 Å². The molecule has 84 valence electrons. The molecular formula is C13H17N3. The van der Waals surface area contributed by atoms with Crippen LogP contribution in [0.25, 0.3) is 10.9 Å². The normalized spacial score (nSPS) is 10.6. The SMILES string of the molecule is CCN(CC)c1cnc2ccccc2c1N. The fourth-order valence-corrected chi connectivity index (χ4v) is 1.97. The van der Waals surface area contributed by atoms with E-state index in [-0.39, 0.29) is 0 Å². The molecule has 3 heteroatoms. The van der Waals surface area contributed by atoms with Gasteiger partial charge < -0.3 is 10.6 Å². The van der Waals surface area contributed by atoms with Crippen LogP contribution in [0.3, 0.4) is 0 Å². The molecule has 0 aliphatic carbocycles. The topological polar surface area (TPSA) is 42.2 Å². The van der Waals surface area contributed by atoms with Crippen molar-refractivity contribution in [2.45, 2.75) is 13.8 Å². The number of hydrogen-bond acceptors (Lipinski definition) is 3. The number of aromatic nitrogens is 1. The molecule has 0 saturated heterocycles. The standard InChI is InChI=1S/C13H17N3/c1-3-16(4-2)12-9-15-11-8-6-5-7-10(11)13(12)14/h5-9H,3-4H2,1-2H3,(H2,14,15). The van der Waals surface area contributed by atoms with Crippen molar-refractivity contribution in [3.05, 3.63) is 30.5 Å². The maximum atomic E-state index is 6.19. The third-order valence-corrected chi connectivity index (χ3v) is 2.90. The molecule has 0 atom stereocenters. The van der Waals surface area contributed by atoms with Crippen LogP contribution in [0.5, 0.6) is 0 Å². The third-order valence-electron chi connectivity index (χ3n) is 2.90. The lowest BCUT2D eigenvalue weighted by Crippen LogP contribution is -2.23. The first-order valence-corrected chi connectivity index (χ1v) is 5.66. The number of nitrogens with two attached hydrogens (primary N) is 1. The highest BCUT2D eigenvalue weighted by molar-refractivity contribution is 5.96. The summed E-state index contributed by atoms with van der Waals surface area (Å²) >= 11 is 0. The molecule has 0 saturated carbocycles. The Morgan fingerprint density at radius 2 is 1.88 bits per heavy atom. The number of pyridine rings is 1. The lowest BCUT2D eigenvalue weighted by Gasteiger charge is -2.22. The van der Waals surface area contributed by atoms with Crippen LogP contribution in [0.1, 0.15) is 13.8 Å². The molecule has 0 aliphatic rings. The summed E-state index contributed by atoms with van der Waals surface area (Å²) < 4.78 is 0. The van der Waals surface area contributed by atoms with Gasteiger partial charge in [0.1, 0.15) is 0 Å². The largest absolute Gasteiger partial charge is 0.396 e. The smallest absolute Gasteiger partial charge is 0.0792 e. The van der Waals surface area contributed by atoms with Crippen molar-refractivity contribution in [1.82, 2.24) is 4.98 Å². The van der Waals surface area contributed by atoms with Crippen LogP contribution in [-0.2, 0) is 0 Å². The van der Waals surface area contributed by atoms with Crippen LogP contribution >= 0.6 is 0 Å². The first kappa shape index (κ1) is 10.7. The molecule has 0 fully saturated rings. The minimum absolute atomic E-state index is 0.828. The van der Waals surface area contributed by atoms with E-state index in [4.69, 9.17) is 5.73 Å². The number of para-hydroxylation sites is 1. The van der Waals surface area contributed by atoms with Crippen molar-refractivity contribution in [3.63, 3.8) is 0 Å². The molecule has 2 rings (SSSR count). The van der Waals surface area contributed by atoms with E-state index in [1.54, 1.807) is 0 Å². The number of nitrogen functional groups attached to an aromatic ring is 1. The molecule has 1 heterocycles. The number of fused-ring (bicyclic) bond motifs is 1. The fraction of sp³-hybridized carbons (Fsp3) is 0.308. The Morgan fingerprint density at radius 3 is 2.56 bits per heavy atom. The Bertz CT molecular complexity index is 490. The monoisotopic (exact) mass is 215 g/mol. The number of benzene rings is 1. The summed E-state index contributed by atoms with van der Waals surface area (Å²) in [6.07, 6.45) is 1.87. The second-order valence-corrected chi connectivity index (χ2v) is 3.75. The Labute approximate surface area is 95.9 Å². The van der Waals surface area contributed by atoms with Gasteiger partial charge in [0, 0.05) is 18.5 Å². The van der Waals surface area contributed by atoms with Crippen molar-refractivity contribution in [3.8, 4) is 0 Å². The number of nitrogens with zero attached hydrogens (tertiary/aromatic N) is 2. The zero-order valence-corrected chi connectivity index (χ0v) is 9.77. The minimum Gasteiger partial charge on any atom is -0.396 e. The quantitative estimate of drug-likeness (QED) is 0.855. The first-order valence-electron chi connectivity index (χ1n) is 5.66. The molecule has 0 amide bonds. The van der Waals surface area contributed by atoms with Crippen LogP contribution in [-0.4, -0.2) is 18.1 Å². The van der Waals surface area contributed by atoms with Gasteiger partial charge in [-0.25, -0.2) is 0 Å². The van der Waals surface area contributed by atoms with E-state index in [0.29, 0.717) is 0 Å². The van der Waals surface area contributed by atoms with Crippen molar-refractivity contribution < 1.29 is 0 Å². The van der Waals surface area contributed by atoms with Crippen LogP contribution in [0.15, 0.2) is 30.5 Å². The molecule has 1 aromatic carbocycles. The molecular weight excluding hydrogens is 198 g/mol. The van der Waals surface area contributed by atoms with Crippen molar-refractivity contribution in [1.29, 1.82) is 0 Å². The Balaban J connectivity index is 2.60. The van der Waals surface area contributed by atoms with E-state index in [1.165, 1.54) is 0 Å². The van der Waals surface area contributed by atoms with Crippen LogP contribution in [0.2, 0.25) is 0 Å². The molecule has 0 aliphatic heterocycles. The van der Waals surface area contributed by atoms with E-state index in [1.807, 2.05) is 30.5 Å². The highest BCUT2D eigenvalue weighted by Crippen LogP contribution is 2.29. The summed E-state index contributed by atoms with van der Waals surface area (Å²) in [7, 11) is 0. The Morgan fingerprint density at radius 1 is 1.19 bits per heavy atom. The summed E-state index contributed by atoms with van der Waals surface area (Å²) in [4.78, 5) is 6.65. The summed E-state index contributed by atoms with van der Waals surface area (Å²) in [6.45, 7) is 6.14. The van der Waals surface area contributed by atoms with Gasteiger partial charge in [-0.1, -0.05) is 18.2 Å². The maximum Gasteiger partial charge on any atom is 0.0792 e. The van der Waals surface area contributed by atoms with Gasteiger partial charge in [0.25, 0.3) is 0 Å². The highest BCUT2D eigenvalue weighted by Gasteiger charge is 2.09. The van der Waals surface area contributed by atoms with Crippen molar-refractivity contribution in [2.75, 3.05) is 23.7 Å². The molecule has 0 bridgehead atoms. The lowest BCUT2D eigenvalue weighted by atomic mass is 10.1. The second kappa shape index (κ2) is 4.39. The van der Waals surface area contributed by atoms with Crippen LogP contribution in [0.4, 0.5) is 11.4 Å². The van der Waals surface area contributed by atoms with Gasteiger partial charge in [-0.05, 0) is 19.9 Å². The van der Waals surface area contributed by atoms with Gasteiger partial charge in [0.05, 0.1) is 23.1 Å². The molecule has 16 heavy (non-hydrogen) atoms. The molecule has 0 radical (unpaired) electrons. The molecule has 0 unspecified atom stereocenters. The minimum atomic E-state index is 0.828. The molecule has 1 aromatic heterocycles. The average molecular weight is 215 g/mol. The van der Waals surface area contributed by atoms with Gasteiger partial charge >= 0.3 is 0 Å². The predicted octanol–water partition coefficient (Wildman–Crippen LogP) is 2.66. The molecule has 0 spiro atoms. The van der Waals surface area contributed by atoms with Gasteiger partial charge in [0.15, 0.2) is 0 Å². The predicted molar refractivity (Wildman–Crippen MR) is 69.7 cm³/mol. The number of rotatable bonds is 3. The summed E-state index contributed by atoms with van der Waals surface area (Å²) in [6, 6.07) is 7.97. The highest BCUT2D eigenvalue weighted by atomic mass is 15.1. The fourth-order valence-electron chi connectivity index (χ4n) is 1.97. The van der Waals surface area contributed by atoms with Gasteiger partial charge in [-0.15, -0.1) is 0 Å². The van der Waals surface area contributed by atoms with Crippen LogP contribution < -0.4 is 10.6 Å². The van der Waals surface area contributed by atoms with E-state index in [2.05, 4.69) is 23.7 Å². The zero-order chi connectivity index (χ0) is 11.5. The lowest BCUT2D eigenvalue weighted by molar-refractivity contribution is 0.865. The zero-order valence-electron chi connectivity index (χ0n) is 9.77. The summed E-state index contributed by atoms with van der Waals surface area (Å²) in [5, 5.41) is 1.03. The molecule has 2 N–H and O–H groups in total. The number of anilines is 2. The van der Waals surface area contributed by atoms with Gasteiger partial charge in [0.2, 0.25) is 0 Å². The van der Waals surface area contributed by atoms with E-state index < -0.39 is 0 Å². The second-order valence-electron chi connectivity index (χ2n) is 3.75.